The van der Waals surface area contributed by atoms with Crippen molar-refractivity contribution in [2.24, 2.45) is 13.0 Å². The van der Waals surface area contributed by atoms with Crippen LogP contribution in [0, 0.1) is 5.92 Å². The van der Waals surface area contributed by atoms with Crippen molar-refractivity contribution in [1.82, 2.24) is 20.4 Å². The lowest BCUT2D eigenvalue weighted by atomic mass is 9.90. The Hall–Kier alpha value is -2.54. The maximum atomic E-state index is 12.9. The summed E-state index contributed by atoms with van der Waals surface area (Å²) in [5, 5.41) is 10.7. The van der Waals surface area contributed by atoms with Crippen LogP contribution in [0.5, 0.6) is 11.5 Å². The van der Waals surface area contributed by atoms with Crippen molar-refractivity contribution in [1.29, 1.82) is 0 Å². The van der Waals surface area contributed by atoms with Gasteiger partial charge in [-0.25, -0.2) is 0 Å². The Kier molecular flexibility index (Phi) is 6.01. The van der Waals surface area contributed by atoms with Gasteiger partial charge in [0.1, 0.15) is 0 Å². The molecule has 1 saturated heterocycles. The monoisotopic (exact) mass is 372 g/mol. The molecular weight excluding hydrogens is 344 g/mol. The molecule has 1 aromatic carbocycles. The fraction of sp³-hybridized carbons (Fsp3) is 0.500. The van der Waals surface area contributed by atoms with Crippen LogP contribution in [0.4, 0.5) is 0 Å². The maximum Gasteiger partial charge on any atom is 0.225 e. The predicted molar refractivity (Wildman–Crippen MR) is 103 cm³/mol. The lowest BCUT2D eigenvalue weighted by molar-refractivity contribution is -0.125. The van der Waals surface area contributed by atoms with Crippen molar-refractivity contribution in [2.45, 2.75) is 25.8 Å². The summed E-state index contributed by atoms with van der Waals surface area (Å²) in [6, 6.07) is 5.64. The number of nitrogens with zero attached hydrogens (tertiary/aromatic N) is 2. The van der Waals surface area contributed by atoms with E-state index in [4.69, 9.17) is 9.47 Å². The van der Waals surface area contributed by atoms with Gasteiger partial charge in [-0.05, 0) is 37.1 Å². The number of benzene rings is 1. The van der Waals surface area contributed by atoms with Gasteiger partial charge in [0.2, 0.25) is 5.91 Å². The number of amides is 1. The molecule has 27 heavy (non-hydrogen) atoms. The van der Waals surface area contributed by atoms with Crippen LogP contribution in [0.3, 0.4) is 0 Å². The number of carbonyl (C=O) groups excluding carboxylic acids is 1. The van der Waals surface area contributed by atoms with E-state index < -0.39 is 0 Å². The molecule has 1 aromatic heterocycles. The zero-order chi connectivity index (χ0) is 19.4. The molecule has 0 radical (unpaired) electrons. The van der Waals surface area contributed by atoms with Crippen LogP contribution in [0.25, 0.3) is 0 Å². The topological polar surface area (TPSA) is 77.4 Å². The first-order chi connectivity index (χ1) is 13.0. The summed E-state index contributed by atoms with van der Waals surface area (Å²) in [7, 11) is 3.51. The van der Waals surface area contributed by atoms with Gasteiger partial charge < -0.3 is 20.1 Å². The fourth-order valence-electron chi connectivity index (χ4n) is 3.57. The number of rotatable bonds is 7. The van der Waals surface area contributed by atoms with E-state index in [2.05, 4.69) is 15.7 Å². The summed E-state index contributed by atoms with van der Waals surface area (Å²) >= 11 is 0. The summed E-state index contributed by atoms with van der Waals surface area (Å²) in [6.45, 7) is 5.95. The molecule has 7 nitrogen and oxygen atoms in total. The molecule has 0 saturated carbocycles. The highest BCUT2D eigenvalue weighted by Crippen LogP contribution is 2.31. The number of aryl methyl sites for hydroxylation is 1. The molecule has 2 aromatic rings. The minimum atomic E-state index is -0.128. The lowest BCUT2D eigenvalue weighted by Crippen LogP contribution is -2.36. The van der Waals surface area contributed by atoms with Crippen molar-refractivity contribution >= 4 is 5.91 Å². The minimum absolute atomic E-state index is 0.0502. The Morgan fingerprint density at radius 1 is 1.41 bits per heavy atom. The van der Waals surface area contributed by atoms with Gasteiger partial charge in [0.25, 0.3) is 0 Å². The highest BCUT2D eigenvalue weighted by atomic mass is 16.5. The van der Waals surface area contributed by atoms with E-state index in [0.717, 1.165) is 17.7 Å². The molecule has 3 rings (SSSR count). The Bertz CT molecular complexity index is 789. The molecule has 7 heteroatoms. The third-order valence-corrected chi connectivity index (χ3v) is 5.05. The Morgan fingerprint density at radius 3 is 2.89 bits per heavy atom. The summed E-state index contributed by atoms with van der Waals surface area (Å²) in [4.78, 5) is 12.9. The number of nitrogens with one attached hydrogen (secondary N) is 2. The second kappa shape index (κ2) is 8.43. The van der Waals surface area contributed by atoms with Crippen molar-refractivity contribution in [3.63, 3.8) is 0 Å². The van der Waals surface area contributed by atoms with Crippen LogP contribution in [-0.2, 0) is 11.8 Å². The normalized spacial score (nSPS) is 20.3. The van der Waals surface area contributed by atoms with Crippen LogP contribution in [0.1, 0.15) is 36.9 Å². The van der Waals surface area contributed by atoms with Crippen LogP contribution in [0.2, 0.25) is 0 Å². The molecule has 2 heterocycles. The summed E-state index contributed by atoms with van der Waals surface area (Å²) < 4.78 is 12.8. The summed E-state index contributed by atoms with van der Waals surface area (Å²) in [5.41, 5.74) is 2.07. The first-order valence-electron chi connectivity index (χ1n) is 9.33. The number of ether oxygens (including phenoxy) is 2. The molecular formula is C20H28N4O3. The largest absolute Gasteiger partial charge is 0.493 e. The Balaban J connectivity index is 1.69. The van der Waals surface area contributed by atoms with Gasteiger partial charge in [0.15, 0.2) is 11.5 Å². The van der Waals surface area contributed by atoms with Gasteiger partial charge in [-0.15, -0.1) is 0 Å². The number of hydrogen-bond acceptors (Lipinski definition) is 5. The van der Waals surface area contributed by atoms with Crippen LogP contribution < -0.4 is 20.1 Å². The third kappa shape index (κ3) is 4.24. The van der Waals surface area contributed by atoms with Crippen LogP contribution >= 0.6 is 0 Å². The molecule has 1 aliphatic rings. The van der Waals surface area contributed by atoms with E-state index in [1.165, 1.54) is 0 Å². The Labute approximate surface area is 160 Å². The average molecular weight is 372 g/mol. The highest BCUT2D eigenvalue weighted by Gasteiger charge is 2.35. The molecule has 1 unspecified atom stereocenters. The molecule has 0 bridgehead atoms. The number of methoxy groups -OCH3 is 1. The molecule has 1 aliphatic heterocycles. The van der Waals surface area contributed by atoms with Crippen LogP contribution in [-0.4, -0.2) is 42.5 Å². The van der Waals surface area contributed by atoms with E-state index in [0.29, 0.717) is 24.7 Å². The lowest BCUT2D eigenvalue weighted by Gasteiger charge is -2.21. The first-order valence-corrected chi connectivity index (χ1v) is 9.33. The van der Waals surface area contributed by atoms with E-state index in [9.17, 15) is 4.79 Å². The summed E-state index contributed by atoms with van der Waals surface area (Å²) in [5.74, 6) is 1.46. The zero-order valence-electron chi connectivity index (χ0n) is 16.4. The predicted octanol–water partition coefficient (Wildman–Crippen LogP) is 2.01. The minimum Gasteiger partial charge on any atom is -0.493 e. The molecule has 1 amide bonds. The third-order valence-electron chi connectivity index (χ3n) is 5.05. The van der Waals surface area contributed by atoms with Gasteiger partial charge in [-0.2, -0.15) is 5.10 Å². The SMILES string of the molecule is CCOc1ccc(C(C)NC(=O)[C@H]2CNC[C@@H]2c2cnn(C)c2)cc1OC. The van der Waals surface area contributed by atoms with Crippen molar-refractivity contribution in [2.75, 3.05) is 26.8 Å². The molecule has 0 aliphatic carbocycles. The second-order valence-corrected chi connectivity index (χ2v) is 6.89. The second-order valence-electron chi connectivity index (χ2n) is 6.89. The average Bonchev–Trinajstić information content (AvgIpc) is 3.30. The zero-order valence-corrected chi connectivity index (χ0v) is 16.4. The van der Waals surface area contributed by atoms with Crippen molar-refractivity contribution < 1.29 is 14.3 Å². The standard InChI is InChI=1S/C20H28N4O3/c1-5-27-18-7-6-14(8-19(18)26-4)13(2)23-20(25)17-11-21-10-16(17)15-9-22-24(3)12-15/h6-9,12-13,16-17,21H,5,10-11H2,1-4H3,(H,23,25)/t13?,16-,17+/m1/s1. The fourth-order valence-corrected chi connectivity index (χ4v) is 3.57. The highest BCUT2D eigenvalue weighted by molar-refractivity contribution is 5.81. The molecule has 3 atom stereocenters. The number of hydrogen-bond donors (Lipinski definition) is 2. The molecule has 0 spiro atoms. The van der Waals surface area contributed by atoms with E-state index in [-0.39, 0.29) is 23.8 Å². The van der Waals surface area contributed by atoms with Crippen molar-refractivity contribution in [3.05, 3.63) is 41.7 Å². The van der Waals surface area contributed by atoms with Gasteiger partial charge in [-0.3, -0.25) is 9.48 Å². The molecule has 1 fully saturated rings. The summed E-state index contributed by atoms with van der Waals surface area (Å²) in [6.07, 6.45) is 3.83. The number of carbonyl (C=O) groups is 1. The molecule has 2 N–H and O–H groups in total. The van der Waals surface area contributed by atoms with Gasteiger partial charge in [0.05, 0.1) is 31.9 Å². The molecule has 146 valence electrons. The maximum absolute atomic E-state index is 12.9. The van der Waals surface area contributed by atoms with Gasteiger partial charge >= 0.3 is 0 Å². The van der Waals surface area contributed by atoms with Gasteiger partial charge in [0, 0.05) is 32.3 Å². The number of aromatic nitrogens is 2. The van der Waals surface area contributed by atoms with E-state index in [1.54, 1.807) is 11.8 Å². The van der Waals surface area contributed by atoms with Gasteiger partial charge in [-0.1, -0.05) is 6.07 Å². The quantitative estimate of drug-likeness (QED) is 0.777. The smallest absolute Gasteiger partial charge is 0.225 e. The Morgan fingerprint density at radius 2 is 2.22 bits per heavy atom. The first kappa shape index (κ1) is 19.2. The van der Waals surface area contributed by atoms with E-state index >= 15 is 0 Å². The van der Waals surface area contributed by atoms with Crippen molar-refractivity contribution in [3.8, 4) is 11.5 Å². The van der Waals surface area contributed by atoms with E-state index in [1.807, 2.05) is 51.5 Å². The van der Waals surface area contributed by atoms with Crippen LogP contribution in [0.15, 0.2) is 30.6 Å².